The van der Waals surface area contributed by atoms with E-state index in [1.54, 1.807) is 0 Å². The highest BCUT2D eigenvalue weighted by Crippen LogP contribution is 2.24. The van der Waals surface area contributed by atoms with E-state index < -0.39 is 0 Å². The monoisotopic (exact) mass is 262 g/mol. The van der Waals surface area contributed by atoms with E-state index in [0.717, 1.165) is 13.0 Å². The van der Waals surface area contributed by atoms with Crippen LogP contribution in [-0.2, 0) is 0 Å². The van der Waals surface area contributed by atoms with Gasteiger partial charge in [-0.15, -0.1) is 0 Å². The lowest BCUT2D eigenvalue weighted by atomic mass is 9.98. The Labute approximate surface area is 119 Å². The van der Waals surface area contributed by atoms with E-state index >= 15 is 0 Å². The van der Waals surface area contributed by atoms with Crippen molar-refractivity contribution in [3.05, 3.63) is 35.9 Å². The molecule has 0 aliphatic heterocycles. The van der Waals surface area contributed by atoms with Crippen LogP contribution in [0.5, 0.6) is 0 Å². The standard InChI is InChI=1S/C17H30N2/c1-5-9-17(15-10-7-6-8-11-15)19(4)13-12-16(18)14(2)3/h6-8,10-11,14,16-17H,5,9,12-13,18H2,1-4H3. The molecule has 0 heterocycles. The maximum atomic E-state index is 6.15. The van der Waals surface area contributed by atoms with Gasteiger partial charge >= 0.3 is 0 Å². The number of hydrogen-bond donors (Lipinski definition) is 1. The molecule has 2 heteroatoms. The first-order valence-corrected chi connectivity index (χ1v) is 7.57. The van der Waals surface area contributed by atoms with Gasteiger partial charge < -0.3 is 5.73 Å². The van der Waals surface area contributed by atoms with Gasteiger partial charge in [-0.1, -0.05) is 57.5 Å². The fourth-order valence-electron chi connectivity index (χ4n) is 2.43. The summed E-state index contributed by atoms with van der Waals surface area (Å²) in [5.74, 6) is 0.565. The van der Waals surface area contributed by atoms with Gasteiger partial charge in [-0.3, -0.25) is 4.90 Å². The molecule has 1 aromatic rings. The van der Waals surface area contributed by atoms with Crippen molar-refractivity contribution >= 4 is 0 Å². The third-order valence-electron chi connectivity index (χ3n) is 3.95. The second-order valence-corrected chi connectivity index (χ2v) is 5.89. The summed E-state index contributed by atoms with van der Waals surface area (Å²) in [6, 6.07) is 11.6. The van der Waals surface area contributed by atoms with Gasteiger partial charge in [0.15, 0.2) is 0 Å². The fraction of sp³-hybridized carbons (Fsp3) is 0.647. The molecule has 2 N–H and O–H groups in total. The highest BCUT2D eigenvalue weighted by atomic mass is 15.1. The molecular formula is C17H30N2. The van der Waals surface area contributed by atoms with Crippen molar-refractivity contribution in [1.29, 1.82) is 0 Å². The van der Waals surface area contributed by atoms with Gasteiger partial charge in [0.25, 0.3) is 0 Å². The van der Waals surface area contributed by atoms with Crippen LogP contribution in [0.2, 0.25) is 0 Å². The molecule has 0 amide bonds. The summed E-state index contributed by atoms with van der Waals surface area (Å²) in [6.45, 7) is 7.72. The first-order valence-electron chi connectivity index (χ1n) is 7.57. The molecule has 2 atom stereocenters. The van der Waals surface area contributed by atoms with Gasteiger partial charge in [0, 0.05) is 12.1 Å². The number of nitrogens with zero attached hydrogens (tertiary/aromatic N) is 1. The Bertz CT molecular complexity index is 334. The lowest BCUT2D eigenvalue weighted by Gasteiger charge is -2.30. The van der Waals surface area contributed by atoms with Crippen molar-refractivity contribution in [3.8, 4) is 0 Å². The van der Waals surface area contributed by atoms with Crippen LogP contribution in [0.4, 0.5) is 0 Å². The highest BCUT2D eigenvalue weighted by molar-refractivity contribution is 5.18. The predicted octanol–water partition coefficient (Wildman–Crippen LogP) is 3.83. The summed E-state index contributed by atoms with van der Waals surface area (Å²) >= 11 is 0. The van der Waals surface area contributed by atoms with Crippen LogP contribution in [0.1, 0.15) is 51.6 Å². The molecule has 2 nitrogen and oxygen atoms in total. The molecule has 0 fully saturated rings. The fourth-order valence-corrected chi connectivity index (χ4v) is 2.43. The molecule has 1 rings (SSSR count). The number of nitrogens with two attached hydrogens (primary N) is 1. The molecule has 0 saturated heterocycles. The van der Waals surface area contributed by atoms with E-state index in [9.17, 15) is 0 Å². The van der Waals surface area contributed by atoms with E-state index in [1.807, 2.05) is 0 Å². The van der Waals surface area contributed by atoms with Gasteiger partial charge in [-0.25, -0.2) is 0 Å². The van der Waals surface area contributed by atoms with E-state index in [0.29, 0.717) is 18.0 Å². The SMILES string of the molecule is CCCC(c1ccccc1)N(C)CCC(N)C(C)C. The molecule has 2 unspecified atom stereocenters. The first kappa shape index (κ1) is 16.2. The Balaban J connectivity index is 2.61. The van der Waals surface area contributed by atoms with Gasteiger partial charge in [-0.05, 0) is 37.9 Å². The predicted molar refractivity (Wildman–Crippen MR) is 84.2 cm³/mol. The van der Waals surface area contributed by atoms with Crippen LogP contribution in [0, 0.1) is 5.92 Å². The average molecular weight is 262 g/mol. The third kappa shape index (κ3) is 5.33. The van der Waals surface area contributed by atoms with Crippen LogP contribution in [0.3, 0.4) is 0 Å². The van der Waals surface area contributed by atoms with Crippen molar-refractivity contribution in [2.24, 2.45) is 11.7 Å². The number of hydrogen-bond acceptors (Lipinski definition) is 2. The van der Waals surface area contributed by atoms with Crippen LogP contribution in [0.15, 0.2) is 30.3 Å². The maximum absolute atomic E-state index is 6.15. The molecule has 0 aliphatic rings. The summed E-state index contributed by atoms with van der Waals surface area (Å²) < 4.78 is 0. The molecule has 0 radical (unpaired) electrons. The summed E-state index contributed by atoms with van der Waals surface area (Å²) in [5.41, 5.74) is 7.57. The zero-order valence-electron chi connectivity index (χ0n) is 13.0. The zero-order valence-corrected chi connectivity index (χ0v) is 13.0. The van der Waals surface area contributed by atoms with E-state index in [4.69, 9.17) is 5.73 Å². The smallest absolute Gasteiger partial charge is 0.0344 e. The minimum Gasteiger partial charge on any atom is -0.327 e. The molecule has 0 aromatic heterocycles. The van der Waals surface area contributed by atoms with E-state index in [1.165, 1.54) is 18.4 Å². The minimum absolute atomic E-state index is 0.306. The van der Waals surface area contributed by atoms with Crippen molar-refractivity contribution in [1.82, 2.24) is 4.90 Å². The Hall–Kier alpha value is -0.860. The summed E-state index contributed by atoms with van der Waals surface area (Å²) in [6.07, 6.45) is 3.48. The molecule has 0 bridgehead atoms. The van der Waals surface area contributed by atoms with Crippen LogP contribution in [0.25, 0.3) is 0 Å². The lowest BCUT2D eigenvalue weighted by molar-refractivity contribution is 0.217. The topological polar surface area (TPSA) is 29.3 Å². The highest BCUT2D eigenvalue weighted by Gasteiger charge is 2.17. The van der Waals surface area contributed by atoms with E-state index in [-0.39, 0.29) is 0 Å². The Morgan fingerprint density at radius 1 is 1.11 bits per heavy atom. The molecule has 0 spiro atoms. The van der Waals surface area contributed by atoms with Gasteiger partial charge in [-0.2, -0.15) is 0 Å². The second-order valence-electron chi connectivity index (χ2n) is 5.89. The lowest BCUT2D eigenvalue weighted by Crippen LogP contribution is -2.33. The first-order chi connectivity index (χ1) is 9.06. The number of rotatable bonds is 8. The van der Waals surface area contributed by atoms with Crippen LogP contribution >= 0.6 is 0 Å². The van der Waals surface area contributed by atoms with E-state index in [2.05, 4.69) is 63.1 Å². The second kappa shape index (κ2) is 8.34. The van der Waals surface area contributed by atoms with Crippen LogP contribution in [-0.4, -0.2) is 24.5 Å². The summed E-state index contributed by atoms with van der Waals surface area (Å²) in [4.78, 5) is 2.46. The Morgan fingerprint density at radius 3 is 2.26 bits per heavy atom. The van der Waals surface area contributed by atoms with Crippen molar-refractivity contribution < 1.29 is 0 Å². The summed E-state index contributed by atoms with van der Waals surface area (Å²) in [7, 11) is 2.22. The molecule has 0 saturated carbocycles. The van der Waals surface area contributed by atoms with Crippen molar-refractivity contribution in [3.63, 3.8) is 0 Å². The van der Waals surface area contributed by atoms with Gasteiger partial charge in [0.05, 0.1) is 0 Å². The normalized spacial score (nSPS) is 14.9. The summed E-state index contributed by atoms with van der Waals surface area (Å²) in [5, 5.41) is 0. The number of benzene rings is 1. The Morgan fingerprint density at radius 2 is 1.74 bits per heavy atom. The quantitative estimate of drug-likeness (QED) is 0.771. The zero-order chi connectivity index (χ0) is 14.3. The molecule has 19 heavy (non-hydrogen) atoms. The van der Waals surface area contributed by atoms with Gasteiger partial charge in [0.1, 0.15) is 0 Å². The minimum atomic E-state index is 0.306. The Kier molecular flexibility index (Phi) is 7.11. The third-order valence-corrected chi connectivity index (χ3v) is 3.95. The largest absolute Gasteiger partial charge is 0.327 e. The molecule has 108 valence electrons. The molecule has 0 aliphatic carbocycles. The van der Waals surface area contributed by atoms with Crippen LogP contribution < -0.4 is 5.73 Å². The van der Waals surface area contributed by atoms with Crippen molar-refractivity contribution in [2.45, 2.75) is 52.1 Å². The average Bonchev–Trinajstić information content (AvgIpc) is 2.42. The van der Waals surface area contributed by atoms with Gasteiger partial charge in [0.2, 0.25) is 0 Å². The van der Waals surface area contributed by atoms with Crippen molar-refractivity contribution in [2.75, 3.05) is 13.6 Å². The molecular weight excluding hydrogens is 232 g/mol. The molecule has 1 aromatic carbocycles. The maximum Gasteiger partial charge on any atom is 0.0344 e.